The van der Waals surface area contributed by atoms with E-state index in [9.17, 15) is 9.59 Å². The highest BCUT2D eigenvalue weighted by atomic mass is 35.5. The van der Waals surface area contributed by atoms with Crippen LogP contribution in [-0.2, 0) is 6.54 Å². The van der Waals surface area contributed by atoms with Crippen LogP contribution in [0.15, 0.2) is 48.7 Å². The van der Waals surface area contributed by atoms with Crippen LogP contribution in [0.4, 0.5) is 0 Å². The molecule has 0 radical (unpaired) electrons. The fourth-order valence-corrected chi connectivity index (χ4v) is 2.80. The molecule has 26 heavy (non-hydrogen) atoms. The van der Waals surface area contributed by atoms with Crippen LogP contribution < -0.4 is 10.6 Å². The van der Waals surface area contributed by atoms with E-state index in [0.717, 1.165) is 5.56 Å². The van der Waals surface area contributed by atoms with Crippen molar-refractivity contribution in [1.82, 2.24) is 20.0 Å². The summed E-state index contributed by atoms with van der Waals surface area (Å²) >= 11 is 6.12. The molecule has 0 saturated carbocycles. The quantitative estimate of drug-likeness (QED) is 0.724. The lowest BCUT2D eigenvalue weighted by Crippen LogP contribution is -2.31. The van der Waals surface area contributed by atoms with Gasteiger partial charge < -0.3 is 10.6 Å². The van der Waals surface area contributed by atoms with Crippen LogP contribution in [0, 0.1) is 0 Å². The average Bonchev–Trinajstić information content (AvgIpc) is 3.00. The van der Waals surface area contributed by atoms with Crippen LogP contribution in [0.2, 0.25) is 5.02 Å². The maximum absolute atomic E-state index is 12.6. The fraction of sp³-hybridized carbons (Fsp3) is 0.211. The van der Waals surface area contributed by atoms with E-state index in [2.05, 4.69) is 15.6 Å². The molecule has 3 aromatic rings. The second-order valence-electron chi connectivity index (χ2n) is 6.14. The molecule has 2 N–H and O–H groups in total. The van der Waals surface area contributed by atoms with Crippen molar-refractivity contribution in [2.75, 3.05) is 0 Å². The first-order chi connectivity index (χ1) is 12.5. The third-order valence-electron chi connectivity index (χ3n) is 3.78. The third-order valence-corrected chi connectivity index (χ3v) is 4.15. The Balaban J connectivity index is 1.88. The van der Waals surface area contributed by atoms with E-state index in [1.807, 2.05) is 32.0 Å². The lowest BCUT2D eigenvalue weighted by atomic mass is 10.2. The monoisotopic (exact) mass is 370 g/mol. The van der Waals surface area contributed by atoms with Crippen LogP contribution in [0.3, 0.4) is 0 Å². The number of nitrogens with one attached hydrogen (secondary N) is 2. The van der Waals surface area contributed by atoms with Crippen LogP contribution in [0.25, 0.3) is 5.52 Å². The number of fused-ring (bicyclic) bond motifs is 1. The Hall–Kier alpha value is -2.86. The van der Waals surface area contributed by atoms with E-state index >= 15 is 0 Å². The maximum Gasteiger partial charge on any atom is 0.287 e. The summed E-state index contributed by atoms with van der Waals surface area (Å²) in [5, 5.41) is 6.19. The second kappa shape index (κ2) is 7.58. The average molecular weight is 371 g/mol. The Morgan fingerprint density at radius 3 is 2.58 bits per heavy atom. The number of carbonyl (C=O) groups excluding carboxylic acids is 2. The van der Waals surface area contributed by atoms with E-state index in [0.29, 0.717) is 10.5 Å². The number of aromatic nitrogens is 2. The molecule has 0 unspecified atom stereocenters. The summed E-state index contributed by atoms with van der Waals surface area (Å²) in [6.07, 6.45) is 1.71. The molecule has 134 valence electrons. The molecule has 0 aliphatic carbocycles. The van der Waals surface area contributed by atoms with Gasteiger partial charge in [-0.2, -0.15) is 0 Å². The minimum atomic E-state index is -0.364. The predicted octanol–water partition coefficient (Wildman–Crippen LogP) is 3.06. The Morgan fingerprint density at radius 2 is 1.85 bits per heavy atom. The molecule has 0 bridgehead atoms. The number of pyridine rings is 1. The van der Waals surface area contributed by atoms with Gasteiger partial charge in [-0.25, -0.2) is 4.98 Å². The fourth-order valence-electron chi connectivity index (χ4n) is 2.59. The summed E-state index contributed by atoms with van der Waals surface area (Å²) in [6, 6.07) is 12.6. The summed E-state index contributed by atoms with van der Waals surface area (Å²) < 4.78 is 1.61. The Kier molecular flexibility index (Phi) is 5.23. The highest BCUT2D eigenvalue weighted by Crippen LogP contribution is 2.16. The number of hydrogen-bond donors (Lipinski definition) is 2. The van der Waals surface area contributed by atoms with Crippen molar-refractivity contribution in [2.24, 2.45) is 0 Å². The van der Waals surface area contributed by atoms with Gasteiger partial charge >= 0.3 is 0 Å². The van der Waals surface area contributed by atoms with Crippen molar-refractivity contribution in [3.8, 4) is 0 Å². The zero-order chi connectivity index (χ0) is 18.7. The normalized spacial score (nSPS) is 10.9. The molecule has 7 heteroatoms. The molecule has 0 aliphatic rings. The van der Waals surface area contributed by atoms with E-state index < -0.39 is 0 Å². The molecule has 6 nitrogen and oxygen atoms in total. The molecular weight excluding hydrogens is 352 g/mol. The standard InChI is InChI=1S/C19H19ClN4O2/c1-12(2)22-19(26)17-23-16(15-9-5-6-10-24(15)17)18(25)21-11-13-7-3-4-8-14(13)20/h3-10,12H,11H2,1-2H3,(H,21,25)(H,22,26). The van der Waals surface area contributed by atoms with Gasteiger partial charge in [-0.15, -0.1) is 0 Å². The molecule has 2 heterocycles. The van der Waals surface area contributed by atoms with Crippen molar-refractivity contribution in [3.05, 3.63) is 70.8 Å². The minimum absolute atomic E-state index is 0.0314. The molecule has 0 aliphatic heterocycles. The van der Waals surface area contributed by atoms with Crippen molar-refractivity contribution in [3.63, 3.8) is 0 Å². The number of imidazole rings is 1. The molecule has 2 aromatic heterocycles. The zero-order valence-corrected chi connectivity index (χ0v) is 15.2. The largest absolute Gasteiger partial charge is 0.347 e. The summed E-state index contributed by atoms with van der Waals surface area (Å²) in [6.45, 7) is 4.01. The Bertz CT molecular complexity index is 965. The van der Waals surface area contributed by atoms with E-state index in [1.54, 1.807) is 34.9 Å². The van der Waals surface area contributed by atoms with E-state index in [-0.39, 0.29) is 35.9 Å². The van der Waals surface area contributed by atoms with Gasteiger partial charge in [0.25, 0.3) is 11.8 Å². The Morgan fingerprint density at radius 1 is 1.12 bits per heavy atom. The SMILES string of the molecule is CC(C)NC(=O)c1nc(C(=O)NCc2ccccc2Cl)c2ccccn12. The summed E-state index contributed by atoms with van der Waals surface area (Å²) in [5.74, 6) is -0.513. The lowest BCUT2D eigenvalue weighted by molar-refractivity contribution is 0.0932. The highest BCUT2D eigenvalue weighted by Gasteiger charge is 2.21. The number of hydrogen-bond acceptors (Lipinski definition) is 3. The maximum atomic E-state index is 12.6. The van der Waals surface area contributed by atoms with Gasteiger partial charge in [0.05, 0.1) is 5.52 Å². The van der Waals surface area contributed by atoms with Crippen LogP contribution in [0.5, 0.6) is 0 Å². The third kappa shape index (κ3) is 3.70. The van der Waals surface area contributed by atoms with Crippen molar-refractivity contribution in [2.45, 2.75) is 26.4 Å². The van der Waals surface area contributed by atoms with Crippen molar-refractivity contribution >= 4 is 28.9 Å². The lowest BCUT2D eigenvalue weighted by Gasteiger charge is -2.06. The number of halogens is 1. The number of amides is 2. The molecule has 0 saturated heterocycles. The first-order valence-electron chi connectivity index (χ1n) is 8.27. The smallest absolute Gasteiger partial charge is 0.287 e. The van der Waals surface area contributed by atoms with Crippen molar-refractivity contribution in [1.29, 1.82) is 0 Å². The van der Waals surface area contributed by atoms with Gasteiger partial charge in [0.2, 0.25) is 5.82 Å². The second-order valence-corrected chi connectivity index (χ2v) is 6.55. The first-order valence-corrected chi connectivity index (χ1v) is 8.64. The molecule has 1 aromatic carbocycles. The van der Waals surface area contributed by atoms with Gasteiger partial charge in [0.1, 0.15) is 0 Å². The number of nitrogens with zero attached hydrogens (tertiary/aromatic N) is 2. The first kappa shape index (κ1) is 17.9. The molecule has 2 amide bonds. The van der Waals surface area contributed by atoms with Crippen LogP contribution in [-0.4, -0.2) is 27.2 Å². The van der Waals surface area contributed by atoms with Gasteiger partial charge in [-0.05, 0) is 37.6 Å². The summed E-state index contributed by atoms with van der Waals surface area (Å²) in [7, 11) is 0. The predicted molar refractivity (Wildman–Crippen MR) is 100 cm³/mol. The topological polar surface area (TPSA) is 75.5 Å². The van der Waals surface area contributed by atoms with Gasteiger partial charge in [-0.1, -0.05) is 35.9 Å². The summed E-state index contributed by atoms with van der Waals surface area (Å²) in [5.41, 5.74) is 1.58. The number of benzene rings is 1. The molecular formula is C19H19ClN4O2. The van der Waals surface area contributed by atoms with Crippen molar-refractivity contribution < 1.29 is 9.59 Å². The van der Waals surface area contributed by atoms with Gasteiger partial charge in [0, 0.05) is 23.8 Å². The minimum Gasteiger partial charge on any atom is -0.347 e. The number of carbonyl (C=O) groups is 2. The number of rotatable bonds is 5. The van der Waals surface area contributed by atoms with Crippen LogP contribution >= 0.6 is 11.6 Å². The molecule has 0 atom stereocenters. The zero-order valence-electron chi connectivity index (χ0n) is 14.5. The van der Waals surface area contributed by atoms with Crippen LogP contribution in [0.1, 0.15) is 40.5 Å². The van der Waals surface area contributed by atoms with E-state index in [1.165, 1.54) is 0 Å². The van der Waals surface area contributed by atoms with E-state index in [4.69, 9.17) is 11.6 Å². The Labute approximate surface area is 156 Å². The molecule has 3 rings (SSSR count). The molecule has 0 spiro atoms. The highest BCUT2D eigenvalue weighted by molar-refractivity contribution is 6.31. The van der Waals surface area contributed by atoms with Gasteiger partial charge in [-0.3, -0.25) is 14.0 Å². The van der Waals surface area contributed by atoms with Gasteiger partial charge in [0.15, 0.2) is 5.69 Å². The summed E-state index contributed by atoms with van der Waals surface area (Å²) in [4.78, 5) is 29.3. The molecule has 0 fully saturated rings.